The molecule has 1 nitrogen and oxygen atoms in total. The van der Waals surface area contributed by atoms with E-state index in [2.05, 4.69) is 11.8 Å². The Labute approximate surface area is 87.7 Å². The smallest absolute Gasteiger partial charge is 0.144 e. The highest BCUT2D eigenvalue weighted by Crippen LogP contribution is 2.15. The Kier molecular flexibility index (Phi) is 3.11. The Morgan fingerprint density at radius 2 is 1.87 bits per heavy atom. The number of rotatable bonds is 0. The molecule has 1 rings (SSSR count). The molecule has 0 spiro atoms. The standard InChI is InChI=1S/C12H12F2O/c1-8-4-5-10(13)9(11(8)14)6-7-12(2,3)15/h4-5,15H,1-3H3. The largest absolute Gasteiger partial charge is 0.378 e. The van der Waals surface area contributed by atoms with Crippen LogP contribution in [0.5, 0.6) is 0 Å². The molecular formula is C12H12F2O. The first-order valence-corrected chi connectivity index (χ1v) is 4.51. The highest BCUT2D eigenvalue weighted by Gasteiger charge is 2.11. The van der Waals surface area contributed by atoms with Gasteiger partial charge in [0.1, 0.15) is 17.2 Å². The molecule has 80 valence electrons. The fourth-order valence-electron chi connectivity index (χ4n) is 0.987. The molecule has 0 heterocycles. The summed E-state index contributed by atoms with van der Waals surface area (Å²) < 4.78 is 26.6. The minimum Gasteiger partial charge on any atom is -0.378 e. The SMILES string of the molecule is Cc1ccc(F)c(C#CC(C)(C)O)c1F. The van der Waals surface area contributed by atoms with Crippen molar-refractivity contribution < 1.29 is 13.9 Å². The van der Waals surface area contributed by atoms with Gasteiger partial charge in [0, 0.05) is 0 Å². The number of aliphatic hydroxyl groups is 1. The summed E-state index contributed by atoms with van der Waals surface area (Å²) in [7, 11) is 0. The highest BCUT2D eigenvalue weighted by molar-refractivity contribution is 5.40. The second-order valence-corrected chi connectivity index (χ2v) is 3.86. The molecule has 0 atom stereocenters. The fourth-order valence-corrected chi connectivity index (χ4v) is 0.987. The van der Waals surface area contributed by atoms with Gasteiger partial charge in [-0.05, 0) is 32.4 Å². The van der Waals surface area contributed by atoms with Crippen LogP contribution in [-0.2, 0) is 0 Å². The van der Waals surface area contributed by atoms with Crippen molar-refractivity contribution in [3.8, 4) is 11.8 Å². The van der Waals surface area contributed by atoms with E-state index >= 15 is 0 Å². The summed E-state index contributed by atoms with van der Waals surface area (Å²) in [5.41, 5.74) is -1.23. The number of halogens is 2. The topological polar surface area (TPSA) is 20.2 Å². The maximum absolute atomic E-state index is 13.4. The zero-order chi connectivity index (χ0) is 11.6. The monoisotopic (exact) mass is 210 g/mol. The van der Waals surface area contributed by atoms with Crippen LogP contribution in [0.3, 0.4) is 0 Å². The molecule has 0 amide bonds. The predicted octanol–water partition coefficient (Wildman–Crippen LogP) is 2.40. The molecule has 3 heteroatoms. The van der Waals surface area contributed by atoms with E-state index in [9.17, 15) is 13.9 Å². The fraction of sp³-hybridized carbons (Fsp3) is 0.333. The van der Waals surface area contributed by atoms with E-state index in [1.807, 2.05) is 0 Å². The van der Waals surface area contributed by atoms with Crippen molar-refractivity contribution in [2.75, 3.05) is 0 Å². The van der Waals surface area contributed by atoms with Gasteiger partial charge in [-0.15, -0.1) is 0 Å². The first-order valence-electron chi connectivity index (χ1n) is 4.51. The molecule has 0 bridgehead atoms. The minimum atomic E-state index is -1.26. The van der Waals surface area contributed by atoms with Crippen LogP contribution in [-0.4, -0.2) is 10.7 Å². The Morgan fingerprint density at radius 3 is 2.40 bits per heavy atom. The summed E-state index contributed by atoms with van der Waals surface area (Å²) in [4.78, 5) is 0. The summed E-state index contributed by atoms with van der Waals surface area (Å²) in [5, 5.41) is 9.31. The molecular weight excluding hydrogens is 198 g/mol. The first-order chi connectivity index (χ1) is 6.81. The van der Waals surface area contributed by atoms with Crippen LogP contribution in [0.15, 0.2) is 12.1 Å². The van der Waals surface area contributed by atoms with E-state index in [4.69, 9.17) is 0 Å². The van der Waals surface area contributed by atoms with Crippen molar-refractivity contribution in [2.24, 2.45) is 0 Å². The average Bonchev–Trinajstić information content (AvgIpc) is 2.10. The van der Waals surface area contributed by atoms with Crippen LogP contribution in [0.25, 0.3) is 0 Å². The molecule has 0 aliphatic carbocycles. The summed E-state index contributed by atoms with van der Waals surface area (Å²) in [6.07, 6.45) is 0. The lowest BCUT2D eigenvalue weighted by atomic mass is 10.1. The van der Waals surface area contributed by atoms with Gasteiger partial charge >= 0.3 is 0 Å². The van der Waals surface area contributed by atoms with Crippen LogP contribution >= 0.6 is 0 Å². The maximum atomic E-state index is 13.4. The Morgan fingerprint density at radius 1 is 1.27 bits per heavy atom. The summed E-state index contributed by atoms with van der Waals surface area (Å²) >= 11 is 0. The van der Waals surface area contributed by atoms with Gasteiger partial charge in [0.05, 0.1) is 5.56 Å². The third-order valence-corrected chi connectivity index (χ3v) is 1.78. The van der Waals surface area contributed by atoms with Crippen molar-refractivity contribution in [2.45, 2.75) is 26.4 Å². The Hall–Kier alpha value is -1.40. The van der Waals surface area contributed by atoms with Gasteiger partial charge in [-0.1, -0.05) is 17.9 Å². The number of benzene rings is 1. The van der Waals surface area contributed by atoms with Crippen molar-refractivity contribution in [1.82, 2.24) is 0 Å². The van der Waals surface area contributed by atoms with Crippen LogP contribution in [0.4, 0.5) is 8.78 Å². The van der Waals surface area contributed by atoms with E-state index in [-0.39, 0.29) is 5.56 Å². The molecule has 0 fully saturated rings. The molecule has 0 radical (unpaired) electrons. The third-order valence-electron chi connectivity index (χ3n) is 1.78. The molecule has 0 unspecified atom stereocenters. The van der Waals surface area contributed by atoms with Gasteiger partial charge in [0.15, 0.2) is 0 Å². The second kappa shape index (κ2) is 4.00. The lowest BCUT2D eigenvalue weighted by Crippen LogP contribution is -2.14. The van der Waals surface area contributed by atoms with Gasteiger partial charge in [-0.2, -0.15) is 0 Å². The Bertz CT molecular complexity index is 433. The molecule has 0 aromatic heterocycles. The lowest BCUT2D eigenvalue weighted by Gasteiger charge is -2.06. The molecule has 1 N–H and O–H groups in total. The number of aryl methyl sites for hydroxylation is 1. The van der Waals surface area contributed by atoms with Crippen LogP contribution in [0, 0.1) is 30.4 Å². The molecule has 0 aliphatic rings. The number of hydrogen-bond donors (Lipinski definition) is 1. The quantitative estimate of drug-likeness (QED) is 0.652. The van der Waals surface area contributed by atoms with E-state index in [1.165, 1.54) is 26.8 Å². The zero-order valence-corrected chi connectivity index (χ0v) is 8.86. The Balaban J connectivity index is 3.25. The molecule has 0 saturated heterocycles. The van der Waals surface area contributed by atoms with E-state index in [0.29, 0.717) is 5.56 Å². The van der Waals surface area contributed by atoms with Gasteiger partial charge in [0.25, 0.3) is 0 Å². The van der Waals surface area contributed by atoms with Crippen LogP contribution < -0.4 is 0 Å². The van der Waals surface area contributed by atoms with E-state index in [0.717, 1.165) is 6.07 Å². The first kappa shape index (κ1) is 11.7. The van der Waals surface area contributed by atoms with Crippen LogP contribution in [0.2, 0.25) is 0 Å². The number of hydrogen-bond acceptors (Lipinski definition) is 1. The normalized spacial score (nSPS) is 10.8. The molecule has 0 aliphatic heterocycles. The van der Waals surface area contributed by atoms with Gasteiger partial charge in [-0.25, -0.2) is 8.78 Å². The lowest BCUT2D eigenvalue weighted by molar-refractivity contribution is 0.143. The van der Waals surface area contributed by atoms with Gasteiger partial charge in [-0.3, -0.25) is 0 Å². The maximum Gasteiger partial charge on any atom is 0.144 e. The van der Waals surface area contributed by atoms with E-state index < -0.39 is 17.2 Å². The molecule has 0 saturated carbocycles. The van der Waals surface area contributed by atoms with Gasteiger partial charge < -0.3 is 5.11 Å². The van der Waals surface area contributed by atoms with Crippen molar-refractivity contribution in [1.29, 1.82) is 0 Å². The molecule has 1 aromatic carbocycles. The summed E-state index contributed by atoms with van der Waals surface area (Å²) in [5.74, 6) is 3.30. The summed E-state index contributed by atoms with van der Waals surface area (Å²) in [6.45, 7) is 4.43. The highest BCUT2D eigenvalue weighted by atomic mass is 19.1. The van der Waals surface area contributed by atoms with E-state index in [1.54, 1.807) is 0 Å². The average molecular weight is 210 g/mol. The zero-order valence-electron chi connectivity index (χ0n) is 8.86. The van der Waals surface area contributed by atoms with Crippen LogP contribution in [0.1, 0.15) is 25.0 Å². The second-order valence-electron chi connectivity index (χ2n) is 3.86. The van der Waals surface area contributed by atoms with Crippen molar-refractivity contribution in [3.05, 3.63) is 34.9 Å². The van der Waals surface area contributed by atoms with Gasteiger partial charge in [0.2, 0.25) is 0 Å². The molecule has 15 heavy (non-hydrogen) atoms. The van der Waals surface area contributed by atoms with Crippen molar-refractivity contribution in [3.63, 3.8) is 0 Å². The summed E-state index contributed by atoms with van der Waals surface area (Å²) in [6, 6.07) is 2.51. The molecule has 1 aromatic rings. The predicted molar refractivity (Wildman–Crippen MR) is 54.3 cm³/mol. The van der Waals surface area contributed by atoms with Crippen molar-refractivity contribution >= 4 is 0 Å². The minimum absolute atomic E-state index is 0.294. The third kappa shape index (κ3) is 3.03.